The number of ether oxygens (including phenoxy) is 1. The highest BCUT2D eigenvalue weighted by molar-refractivity contribution is 5.98. The van der Waals surface area contributed by atoms with Gasteiger partial charge in [-0.25, -0.2) is 9.78 Å². The van der Waals surface area contributed by atoms with Crippen LogP contribution in [0.15, 0.2) is 24.3 Å². The number of para-hydroxylation sites is 1. The Morgan fingerprint density at radius 2 is 2.13 bits per heavy atom. The summed E-state index contributed by atoms with van der Waals surface area (Å²) in [7, 11) is 1.44. The molecule has 4 nitrogen and oxygen atoms in total. The summed E-state index contributed by atoms with van der Waals surface area (Å²) in [5, 5.41) is 1.03. The molecule has 0 saturated carbocycles. The van der Waals surface area contributed by atoms with Crippen molar-refractivity contribution in [2.45, 2.75) is 45.7 Å². The number of nitrogens with one attached hydrogen (secondary N) is 1. The molecule has 1 unspecified atom stereocenters. The first-order valence-electron chi connectivity index (χ1n) is 8.43. The van der Waals surface area contributed by atoms with Crippen molar-refractivity contribution in [3.8, 4) is 0 Å². The van der Waals surface area contributed by atoms with Crippen LogP contribution in [0.1, 0.15) is 47.8 Å². The lowest BCUT2D eigenvalue weighted by Gasteiger charge is -2.30. The van der Waals surface area contributed by atoms with E-state index in [0.717, 1.165) is 35.2 Å². The molecule has 0 amide bonds. The van der Waals surface area contributed by atoms with Gasteiger partial charge in [0.2, 0.25) is 0 Å². The number of hydrogen-bond donors (Lipinski definition) is 1. The third-order valence-corrected chi connectivity index (χ3v) is 5.09. The van der Waals surface area contributed by atoms with Gasteiger partial charge in [0.05, 0.1) is 30.8 Å². The molecule has 4 heteroatoms. The fourth-order valence-electron chi connectivity index (χ4n) is 3.67. The maximum absolute atomic E-state index is 12.4. The van der Waals surface area contributed by atoms with E-state index in [1.165, 1.54) is 31.3 Å². The molecular formula is C19H25N2O2+. The van der Waals surface area contributed by atoms with Gasteiger partial charge in [-0.05, 0) is 44.7 Å². The Bertz CT molecular complexity index is 727. The number of methoxy groups -OCH3 is 1. The van der Waals surface area contributed by atoms with Gasteiger partial charge in [0, 0.05) is 5.39 Å². The summed E-state index contributed by atoms with van der Waals surface area (Å²) >= 11 is 0. The van der Waals surface area contributed by atoms with Crippen molar-refractivity contribution in [1.29, 1.82) is 0 Å². The first kappa shape index (κ1) is 15.9. The van der Waals surface area contributed by atoms with E-state index >= 15 is 0 Å². The van der Waals surface area contributed by atoms with Gasteiger partial charge in [-0.15, -0.1) is 0 Å². The summed E-state index contributed by atoms with van der Waals surface area (Å²) in [5.74, 6) is -0.278. The van der Waals surface area contributed by atoms with Crippen LogP contribution in [0.2, 0.25) is 0 Å². The number of pyridine rings is 1. The molecule has 3 rings (SSSR count). The number of piperidine rings is 1. The molecule has 1 aromatic heterocycles. The van der Waals surface area contributed by atoms with Crippen molar-refractivity contribution >= 4 is 16.9 Å². The molecule has 1 saturated heterocycles. The number of carbonyl (C=O) groups is 1. The van der Waals surface area contributed by atoms with Gasteiger partial charge in [0.1, 0.15) is 12.2 Å². The number of hydrogen-bond acceptors (Lipinski definition) is 3. The molecular weight excluding hydrogens is 288 g/mol. The Morgan fingerprint density at radius 1 is 1.35 bits per heavy atom. The zero-order chi connectivity index (χ0) is 16.4. The topological polar surface area (TPSA) is 43.6 Å². The number of fused-ring (bicyclic) bond motifs is 1. The van der Waals surface area contributed by atoms with Crippen molar-refractivity contribution in [3.63, 3.8) is 0 Å². The Balaban J connectivity index is 2.08. The second-order valence-corrected chi connectivity index (χ2v) is 6.55. The minimum atomic E-state index is -0.278. The van der Waals surface area contributed by atoms with Crippen molar-refractivity contribution in [3.05, 3.63) is 41.1 Å². The highest BCUT2D eigenvalue weighted by atomic mass is 16.5. The van der Waals surface area contributed by atoms with Crippen LogP contribution in [0.5, 0.6) is 0 Å². The van der Waals surface area contributed by atoms with Gasteiger partial charge in [-0.3, -0.25) is 0 Å². The lowest BCUT2D eigenvalue weighted by molar-refractivity contribution is -0.942. The third-order valence-electron chi connectivity index (χ3n) is 5.09. The molecule has 1 aliphatic rings. The predicted molar refractivity (Wildman–Crippen MR) is 90.7 cm³/mol. The van der Waals surface area contributed by atoms with E-state index < -0.39 is 0 Å². The molecule has 122 valence electrons. The number of aromatic nitrogens is 1. The van der Waals surface area contributed by atoms with Gasteiger partial charge in [0.15, 0.2) is 0 Å². The molecule has 23 heavy (non-hydrogen) atoms. The largest absolute Gasteiger partial charge is 0.465 e. The van der Waals surface area contributed by atoms with E-state index in [-0.39, 0.29) is 5.97 Å². The average Bonchev–Trinajstić information content (AvgIpc) is 2.57. The van der Waals surface area contributed by atoms with E-state index in [2.05, 4.69) is 6.92 Å². The van der Waals surface area contributed by atoms with Gasteiger partial charge in [-0.1, -0.05) is 18.2 Å². The minimum absolute atomic E-state index is 0.278. The normalized spacial score (nSPS) is 21.3. The van der Waals surface area contributed by atoms with E-state index in [1.54, 1.807) is 0 Å². The molecule has 0 radical (unpaired) electrons. The van der Waals surface area contributed by atoms with Crippen molar-refractivity contribution in [2.24, 2.45) is 0 Å². The first-order valence-corrected chi connectivity index (χ1v) is 8.43. The van der Waals surface area contributed by atoms with Crippen LogP contribution in [-0.2, 0) is 11.3 Å². The number of aryl methyl sites for hydroxylation is 1. The Morgan fingerprint density at radius 3 is 2.87 bits per heavy atom. The van der Waals surface area contributed by atoms with Crippen LogP contribution in [0.25, 0.3) is 10.9 Å². The zero-order valence-corrected chi connectivity index (χ0v) is 14.2. The Kier molecular flexibility index (Phi) is 4.62. The zero-order valence-electron chi connectivity index (χ0n) is 14.2. The molecule has 1 aliphatic heterocycles. The smallest absolute Gasteiger partial charge is 0.340 e. The quantitative estimate of drug-likeness (QED) is 0.884. The number of esters is 1. The monoisotopic (exact) mass is 313 g/mol. The summed E-state index contributed by atoms with van der Waals surface area (Å²) in [6.07, 6.45) is 3.80. The standard InChI is InChI=1S/C19H24N2O2/c1-13-8-6-7-11-21(13)12-17-18(19(22)23-3)14(2)15-9-4-5-10-16(15)20-17/h4-5,9-10,13H,6-8,11-12H2,1-3H3/p+1/t13-/m1/s1. The van der Waals surface area contributed by atoms with Crippen LogP contribution < -0.4 is 4.90 Å². The van der Waals surface area contributed by atoms with Crippen molar-refractivity contribution < 1.29 is 14.4 Å². The highest BCUT2D eigenvalue weighted by Crippen LogP contribution is 2.23. The minimum Gasteiger partial charge on any atom is -0.465 e. The maximum Gasteiger partial charge on any atom is 0.340 e. The summed E-state index contributed by atoms with van der Waals surface area (Å²) in [5.41, 5.74) is 3.45. The molecule has 0 spiro atoms. The highest BCUT2D eigenvalue weighted by Gasteiger charge is 2.27. The lowest BCUT2D eigenvalue weighted by atomic mass is 9.99. The van der Waals surface area contributed by atoms with E-state index in [4.69, 9.17) is 9.72 Å². The van der Waals surface area contributed by atoms with E-state index in [0.29, 0.717) is 11.6 Å². The average molecular weight is 313 g/mol. The summed E-state index contributed by atoms with van der Waals surface area (Å²) < 4.78 is 5.03. The first-order chi connectivity index (χ1) is 11.1. The summed E-state index contributed by atoms with van der Waals surface area (Å²) in [6, 6.07) is 8.62. The number of nitrogens with zero attached hydrogens (tertiary/aromatic N) is 1. The van der Waals surface area contributed by atoms with Crippen LogP contribution in [0, 0.1) is 6.92 Å². The fraction of sp³-hybridized carbons (Fsp3) is 0.474. The molecule has 2 aromatic rings. The van der Waals surface area contributed by atoms with Crippen molar-refractivity contribution in [2.75, 3.05) is 13.7 Å². The Hall–Kier alpha value is -1.94. The predicted octanol–water partition coefficient (Wildman–Crippen LogP) is 2.29. The van der Waals surface area contributed by atoms with Crippen LogP contribution in [0.4, 0.5) is 0 Å². The number of carbonyl (C=O) groups excluding carboxylic acids is 1. The second-order valence-electron chi connectivity index (χ2n) is 6.55. The SMILES string of the molecule is COC(=O)c1c(C[NH+]2CCCC[C@H]2C)nc2ccccc2c1C. The molecule has 1 aromatic carbocycles. The molecule has 0 bridgehead atoms. The molecule has 1 fully saturated rings. The number of likely N-dealkylation sites (tertiary alicyclic amines) is 1. The lowest BCUT2D eigenvalue weighted by Crippen LogP contribution is -3.15. The molecule has 0 aliphatic carbocycles. The van der Waals surface area contributed by atoms with E-state index in [1.807, 2.05) is 31.2 Å². The molecule has 2 atom stereocenters. The summed E-state index contributed by atoms with van der Waals surface area (Å²) in [6.45, 7) is 6.22. The Labute approximate surface area is 137 Å². The van der Waals surface area contributed by atoms with E-state index in [9.17, 15) is 4.79 Å². The van der Waals surface area contributed by atoms with Crippen LogP contribution in [-0.4, -0.2) is 30.6 Å². The van der Waals surface area contributed by atoms with Crippen molar-refractivity contribution in [1.82, 2.24) is 4.98 Å². The van der Waals surface area contributed by atoms with Gasteiger partial charge >= 0.3 is 5.97 Å². The van der Waals surface area contributed by atoms with Gasteiger partial charge in [0.25, 0.3) is 0 Å². The fourth-order valence-corrected chi connectivity index (χ4v) is 3.67. The van der Waals surface area contributed by atoms with Gasteiger partial charge in [-0.2, -0.15) is 0 Å². The summed E-state index contributed by atoms with van der Waals surface area (Å²) in [4.78, 5) is 18.7. The number of rotatable bonds is 3. The van der Waals surface area contributed by atoms with Gasteiger partial charge < -0.3 is 9.64 Å². The van der Waals surface area contributed by atoms with Crippen LogP contribution >= 0.6 is 0 Å². The molecule has 2 heterocycles. The molecule has 1 N–H and O–H groups in total. The maximum atomic E-state index is 12.4. The second kappa shape index (κ2) is 6.67. The van der Waals surface area contributed by atoms with Crippen LogP contribution in [0.3, 0.4) is 0 Å². The third kappa shape index (κ3) is 3.08. The number of benzene rings is 1. The number of quaternary nitrogens is 1.